The number of hydrogen-bond donors (Lipinski definition) is 2. The molecule has 1 aliphatic heterocycles. The van der Waals surface area contributed by atoms with Crippen molar-refractivity contribution in [2.24, 2.45) is 11.8 Å². The van der Waals surface area contributed by atoms with Gasteiger partial charge in [-0.25, -0.2) is 4.98 Å². The molecule has 5 rings (SSSR count). The van der Waals surface area contributed by atoms with Crippen LogP contribution in [0.5, 0.6) is 0 Å². The van der Waals surface area contributed by atoms with E-state index in [1.807, 2.05) is 13.0 Å². The lowest BCUT2D eigenvalue weighted by atomic mass is 9.84. The van der Waals surface area contributed by atoms with Crippen molar-refractivity contribution in [2.45, 2.75) is 51.5 Å². The first-order valence-corrected chi connectivity index (χ1v) is 13.8. The van der Waals surface area contributed by atoms with E-state index in [4.69, 9.17) is 4.98 Å². The fourth-order valence-electron chi connectivity index (χ4n) is 5.51. The van der Waals surface area contributed by atoms with E-state index in [1.54, 1.807) is 11.3 Å². The lowest BCUT2D eigenvalue weighted by molar-refractivity contribution is -0.129. The number of fused-ring (bicyclic) bond motifs is 1. The molecule has 0 unspecified atom stereocenters. The van der Waals surface area contributed by atoms with Crippen molar-refractivity contribution in [3.8, 4) is 11.1 Å². The third-order valence-corrected chi connectivity index (χ3v) is 8.24. The number of carbonyl (C=O) groups excluding carboxylic acids is 2. The van der Waals surface area contributed by atoms with Gasteiger partial charge in [-0.15, -0.1) is 11.3 Å². The average molecular weight is 491 g/mol. The zero-order chi connectivity index (χ0) is 24.2. The lowest BCUT2D eigenvalue weighted by Crippen LogP contribution is -2.46. The zero-order valence-corrected chi connectivity index (χ0v) is 21.2. The number of thiophene rings is 1. The van der Waals surface area contributed by atoms with Gasteiger partial charge in [-0.05, 0) is 62.1 Å². The van der Waals surface area contributed by atoms with Gasteiger partial charge >= 0.3 is 0 Å². The number of rotatable bonds is 6. The summed E-state index contributed by atoms with van der Waals surface area (Å²) < 4.78 is 0. The molecule has 2 aromatic heterocycles. The lowest BCUT2D eigenvalue weighted by Gasteiger charge is -2.35. The van der Waals surface area contributed by atoms with Crippen LogP contribution in [0.15, 0.2) is 47.8 Å². The molecular formula is C28H34N4O2S. The molecule has 35 heavy (non-hydrogen) atoms. The molecule has 2 amide bonds. The van der Waals surface area contributed by atoms with Gasteiger partial charge < -0.3 is 15.5 Å². The molecule has 2 fully saturated rings. The van der Waals surface area contributed by atoms with Crippen LogP contribution in [0.25, 0.3) is 21.3 Å². The van der Waals surface area contributed by atoms with Crippen molar-refractivity contribution < 1.29 is 9.59 Å². The number of hydrogen-bond acceptors (Lipinski definition) is 5. The second-order valence-corrected chi connectivity index (χ2v) is 10.7. The van der Waals surface area contributed by atoms with Gasteiger partial charge in [0.15, 0.2) is 0 Å². The fourth-order valence-corrected chi connectivity index (χ4v) is 6.26. The highest BCUT2D eigenvalue weighted by atomic mass is 32.1. The summed E-state index contributed by atoms with van der Waals surface area (Å²) in [6.45, 7) is 4.23. The first-order chi connectivity index (χ1) is 17.1. The van der Waals surface area contributed by atoms with E-state index >= 15 is 0 Å². The summed E-state index contributed by atoms with van der Waals surface area (Å²) in [5.74, 6) is 1.33. The molecule has 184 valence electrons. The number of pyridine rings is 1. The summed E-state index contributed by atoms with van der Waals surface area (Å²) in [6.07, 6.45) is 5.26. The summed E-state index contributed by atoms with van der Waals surface area (Å²) in [5.41, 5.74) is 2.32. The average Bonchev–Trinajstić information content (AvgIpc) is 3.36. The van der Waals surface area contributed by atoms with Gasteiger partial charge in [0.05, 0.1) is 0 Å². The van der Waals surface area contributed by atoms with Gasteiger partial charge in [0.2, 0.25) is 11.8 Å². The first kappa shape index (κ1) is 23.8. The Bertz CT molecular complexity index is 1170. The molecule has 1 aromatic carbocycles. The number of benzene rings is 1. The Kier molecular flexibility index (Phi) is 7.32. The van der Waals surface area contributed by atoms with Crippen molar-refractivity contribution in [2.75, 3.05) is 24.5 Å². The third-order valence-electron chi connectivity index (χ3n) is 7.41. The van der Waals surface area contributed by atoms with Crippen LogP contribution in [-0.2, 0) is 9.59 Å². The highest BCUT2D eigenvalue weighted by Gasteiger charge is 2.31. The zero-order valence-electron chi connectivity index (χ0n) is 20.3. The minimum absolute atomic E-state index is 0.0155. The van der Waals surface area contributed by atoms with Gasteiger partial charge in [0.25, 0.3) is 0 Å². The molecule has 1 saturated heterocycles. The quantitative estimate of drug-likeness (QED) is 0.511. The van der Waals surface area contributed by atoms with Gasteiger partial charge in [-0.1, -0.05) is 36.8 Å². The Labute approximate surface area is 211 Å². The molecule has 0 radical (unpaired) electrons. The fraction of sp³-hybridized carbons (Fsp3) is 0.464. The maximum Gasteiger partial charge on any atom is 0.223 e. The molecule has 3 heterocycles. The van der Waals surface area contributed by atoms with E-state index in [-0.39, 0.29) is 29.7 Å². The van der Waals surface area contributed by atoms with Crippen LogP contribution in [-0.4, -0.2) is 42.5 Å². The molecule has 7 heteroatoms. The minimum Gasteiger partial charge on any atom is -0.356 e. The van der Waals surface area contributed by atoms with Crippen LogP contribution in [0.3, 0.4) is 0 Å². The van der Waals surface area contributed by atoms with Crippen molar-refractivity contribution in [1.82, 2.24) is 15.6 Å². The predicted octanol–water partition coefficient (Wildman–Crippen LogP) is 4.99. The highest BCUT2D eigenvalue weighted by Crippen LogP contribution is 2.36. The normalized spacial score (nSPS) is 21.1. The Morgan fingerprint density at radius 2 is 1.83 bits per heavy atom. The molecule has 0 spiro atoms. The van der Waals surface area contributed by atoms with Crippen LogP contribution in [0.4, 0.5) is 5.82 Å². The number of piperidine rings is 1. The van der Waals surface area contributed by atoms with Gasteiger partial charge in [-0.3, -0.25) is 9.59 Å². The van der Waals surface area contributed by atoms with Crippen LogP contribution in [0.1, 0.15) is 45.4 Å². The Morgan fingerprint density at radius 3 is 2.60 bits per heavy atom. The SMILES string of the molecule is CCNC(=O)[C@H]1CCC[C@H](NC(=O)C2CCN(c3nc4sccc4cc3-c3ccccc3)CC2)C1. The van der Waals surface area contributed by atoms with E-state index in [0.717, 1.165) is 67.8 Å². The number of carbonyl (C=O) groups is 2. The largest absolute Gasteiger partial charge is 0.356 e. The maximum atomic E-state index is 13.1. The summed E-state index contributed by atoms with van der Waals surface area (Å²) in [4.78, 5) is 33.8. The third kappa shape index (κ3) is 5.35. The Balaban J connectivity index is 1.24. The molecule has 0 bridgehead atoms. The van der Waals surface area contributed by atoms with Crippen molar-refractivity contribution >= 4 is 39.2 Å². The Hall–Kier alpha value is -2.93. The van der Waals surface area contributed by atoms with Crippen molar-refractivity contribution in [3.63, 3.8) is 0 Å². The van der Waals surface area contributed by atoms with Crippen LogP contribution < -0.4 is 15.5 Å². The second kappa shape index (κ2) is 10.8. The van der Waals surface area contributed by atoms with Crippen LogP contribution in [0.2, 0.25) is 0 Å². The van der Waals surface area contributed by atoms with E-state index in [2.05, 4.69) is 57.3 Å². The molecular weight excluding hydrogens is 456 g/mol. The highest BCUT2D eigenvalue weighted by molar-refractivity contribution is 7.16. The molecule has 1 saturated carbocycles. The predicted molar refractivity (Wildman–Crippen MR) is 143 cm³/mol. The standard InChI is InChI=1S/C28H34N4O2S/c1-2-29-26(33)21-9-6-10-23(17-21)30-27(34)20-11-14-32(15-12-20)25-24(19-7-4-3-5-8-19)18-22-13-16-35-28(22)31-25/h3-5,7-8,13,16,18,20-21,23H,2,6,9-12,14-15,17H2,1H3,(H,29,33)(H,30,34)/t21-,23-/m0/s1. The number of amides is 2. The van der Waals surface area contributed by atoms with Crippen molar-refractivity contribution in [1.29, 1.82) is 0 Å². The minimum atomic E-state index is 0.0155. The first-order valence-electron chi connectivity index (χ1n) is 12.9. The number of aromatic nitrogens is 1. The molecule has 6 nitrogen and oxygen atoms in total. The topological polar surface area (TPSA) is 74.3 Å². The molecule has 2 atom stereocenters. The smallest absolute Gasteiger partial charge is 0.223 e. The van der Waals surface area contributed by atoms with Crippen molar-refractivity contribution in [3.05, 3.63) is 47.8 Å². The van der Waals surface area contributed by atoms with Gasteiger partial charge in [-0.2, -0.15) is 0 Å². The number of anilines is 1. The Morgan fingerprint density at radius 1 is 1.03 bits per heavy atom. The summed E-state index contributed by atoms with van der Waals surface area (Å²) >= 11 is 1.67. The van der Waals surface area contributed by atoms with Crippen LogP contribution >= 0.6 is 11.3 Å². The molecule has 1 aliphatic carbocycles. The van der Waals surface area contributed by atoms with E-state index in [1.165, 1.54) is 10.9 Å². The summed E-state index contributed by atoms with van der Waals surface area (Å²) in [7, 11) is 0. The number of nitrogens with one attached hydrogen (secondary N) is 2. The molecule has 3 aromatic rings. The molecule has 2 aliphatic rings. The second-order valence-electron chi connectivity index (χ2n) is 9.77. The molecule has 2 N–H and O–H groups in total. The summed E-state index contributed by atoms with van der Waals surface area (Å²) in [5, 5.41) is 9.48. The van der Waals surface area contributed by atoms with Crippen LogP contribution in [0, 0.1) is 11.8 Å². The van der Waals surface area contributed by atoms with E-state index in [9.17, 15) is 9.59 Å². The van der Waals surface area contributed by atoms with E-state index in [0.29, 0.717) is 6.54 Å². The monoisotopic (exact) mass is 490 g/mol. The maximum absolute atomic E-state index is 13.1. The number of nitrogens with zero attached hydrogens (tertiary/aromatic N) is 2. The summed E-state index contributed by atoms with van der Waals surface area (Å²) in [6, 6.07) is 14.9. The van der Waals surface area contributed by atoms with E-state index < -0.39 is 0 Å². The van der Waals surface area contributed by atoms with Gasteiger partial charge in [0, 0.05) is 48.5 Å². The van der Waals surface area contributed by atoms with Gasteiger partial charge in [0.1, 0.15) is 10.6 Å².